The number of aryl methyl sites for hydroxylation is 1. The quantitative estimate of drug-likeness (QED) is 0.789. The predicted octanol–water partition coefficient (Wildman–Crippen LogP) is 2.18. The van der Waals surface area contributed by atoms with Crippen LogP contribution in [0.1, 0.15) is 43.0 Å². The zero-order valence-corrected chi connectivity index (χ0v) is 16.6. The second kappa shape index (κ2) is 7.20. The van der Waals surface area contributed by atoms with Gasteiger partial charge in [-0.3, -0.25) is 0 Å². The van der Waals surface area contributed by atoms with Gasteiger partial charge in [0.25, 0.3) is 0 Å². The van der Waals surface area contributed by atoms with Crippen molar-refractivity contribution >= 4 is 16.0 Å². The minimum atomic E-state index is -3.15. The van der Waals surface area contributed by atoms with E-state index >= 15 is 0 Å². The highest BCUT2D eigenvalue weighted by Crippen LogP contribution is 2.35. The van der Waals surface area contributed by atoms with Crippen LogP contribution >= 0.6 is 0 Å². The van der Waals surface area contributed by atoms with Gasteiger partial charge in [0.15, 0.2) is 5.76 Å². The van der Waals surface area contributed by atoms with Crippen molar-refractivity contribution in [2.45, 2.75) is 38.5 Å². The Bertz CT molecular complexity index is 913. The number of sulfonamides is 1. The Morgan fingerprint density at radius 3 is 2.44 bits per heavy atom. The largest absolute Gasteiger partial charge is 0.356 e. The first-order valence-corrected chi connectivity index (χ1v) is 11.3. The highest BCUT2D eigenvalue weighted by Gasteiger charge is 2.30. The third kappa shape index (κ3) is 3.84. The molecular formula is C18H25N5O3S. The van der Waals surface area contributed by atoms with Gasteiger partial charge in [-0.15, -0.1) is 0 Å². The fourth-order valence-electron chi connectivity index (χ4n) is 3.91. The van der Waals surface area contributed by atoms with E-state index in [9.17, 15) is 8.42 Å². The molecule has 0 unspecified atom stereocenters. The molecule has 0 N–H and O–H groups in total. The Hall–Kier alpha value is -2.00. The second-order valence-corrected chi connectivity index (χ2v) is 9.41. The average Bonchev–Trinajstić information content (AvgIpc) is 3.32. The Kier molecular flexibility index (Phi) is 4.90. The standard InChI is InChI=1S/C18H25N5O3S/c1-13-11-16(26-21-13)15-12-19-18(22-7-3-4-8-22)20-17(15)14-5-9-23(10-6-14)27(2,24)25/h11-12,14H,3-10H2,1-2H3. The molecule has 0 atom stereocenters. The zero-order chi connectivity index (χ0) is 19.0. The molecule has 4 rings (SSSR count). The molecule has 2 aromatic rings. The van der Waals surface area contributed by atoms with Gasteiger partial charge in [0, 0.05) is 44.4 Å². The molecule has 146 valence electrons. The minimum Gasteiger partial charge on any atom is -0.356 e. The zero-order valence-electron chi connectivity index (χ0n) is 15.8. The number of hydrogen-bond donors (Lipinski definition) is 0. The molecule has 0 radical (unpaired) electrons. The lowest BCUT2D eigenvalue weighted by atomic mass is 9.91. The number of hydrogen-bond acceptors (Lipinski definition) is 7. The van der Waals surface area contributed by atoms with Crippen LogP contribution in [0.3, 0.4) is 0 Å². The fraction of sp³-hybridized carbons (Fsp3) is 0.611. The van der Waals surface area contributed by atoms with Gasteiger partial charge in [-0.1, -0.05) is 5.16 Å². The van der Waals surface area contributed by atoms with E-state index in [1.165, 1.54) is 6.26 Å². The number of piperidine rings is 1. The van der Waals surface area contributed by atoms with Gasteiger partial charge in [0.05, 0.1) is 23.2 Å². The third-order valence-electron chi connectivity index (χ3n) is 5.40. The van der Waals surface area contributed by atoms with Crippen molar-refractivity contribution in [3.8, 4) is 11.3 Å². The molecule has 2 saturated heterocycles. The van der Waals surface area contributed by atoms with Crippen molar-refractivity contribution in [2.24, 2.45) is 0 Å². The summed E-state index contributed by atoms with van der Waals surface area (Å²) in [5.41, 5.74) is 2.61. The van der Waals surface area contributed by atoms with E-state index in [1.807, 2.05) is 19.2 Å². The maximum atomic E-state index is 11.8. The summed E-state index contributed by atoms with van der Waals surface area (Å²) in [6.45, 7) is 4.87. The molecule has 2 aromatic heterocycles. The lowest BCUT2D eigenvalue weighted by molar-refractivity contribution is 0.318. The van der Waals surface area contributed by atoms with E-state index in [2.05, 4.69) is 15.0 Å². The highest BCUT2D eigenvalue weighted by molar-refractivity contribution is 7.88. The van der Waals surface area contributed by atoms with Crippen LogP contribution in [-0.2, 0) is 10.0 Å². The summed E-state index contributed by atoms with van der Waals surface area (Å²) in [7, 11) is -3.15. The topological polar surface area (TPSA) is 92.4 Å². The number of rotatable bonds is 4. The lowest BCUT2D eigenvalue weighted by Gasteiger charge is -2.31. The van der Waals surface area contributed by atoms with E-state index in [0.29, 0.717) is 18.8 Å². The monoisotopic (exact) mass is 391 g/mol. The highest BCUT2D eigenvalue weighted by atomic mass is 32.2. The molecule has 27 heavy (non-hydrogen) atoms. The third-order valence-corrected chi connectivity index (χ3v) is 6.70. The van der Waals surface area contributed by atoms with Crippen molar-refractivity contribution in [1.29, 1.82) is 0 Å². The van der Waals surface area contributed by atoms with Crippen molar-refractivity contribution in [1.82, 2.24) is 19.4 Å². The molecule has 2 fully saturated rings. The van der Waals surface area contributed by atoms with Gasteiger partial charge >= 0.3 is 0 Å². The summed E-state index contributed by atoms with van der Waals surface area (Å²) >= 11 is 0. The molecule has 4 heterocycles. The normalized spacial score (nSPS) is 19.7. The summed E-state index contributed by atoms with van der Waals surface area (Å²) in [4.78, 5) is 11.7. The summed E-state index contributed by atoms with van der Waals surface area (Å²) in [6, 6.07) is 1.89. The van der Waals surface area contributed by atoms with Crippen LogP contribution in [0, 0.1) is 6.92 Å². The van der Waals surface area contributed by atoms with Crippen LogP contribution in [0.4, 0.5) is 5.95 Å². The van der Waals surface area contributed by atoms with E-state index in [4.69, 9.17) is 9.51 Å². The van der Waals surface area contributed by atoms with Crippen molar-refractivity contribution in [3.63, 3.8) is 0 Å². The fourth-order valence-corrected chi connectivity index (χ4v) is 4.78. The number of anilines is 1. The van der Waals surface area contributed by atoms with Gasteiger partial charge in [0.2, 0.25) is 16.0 Å². The molecule has 9 heteroatoms. The maximum absolute atomic E-state index is 11.8. The molecule has 2 aliphatic rings. The van der Waals surface area contributed by atoms with Crippen LogP contribution in [0.25, 0.3) is 11.3 Å². The minimum absolute atomic E-state index is 0.174. The van der Waals surface area contributed by atoms with Gasteiger partial charge in [-0.05, 0) is 32.6 Å². The van der Waals surface area contributed by atoms with E-state index < -0.39 is 10.0 Å². The second-order valence-electron chi connectivity index (χ2n) is 7.43. The van der Waals surface area contributed by atoms with Crippen molar-refractivity contribution in [3.05, 3.63) is 23.7 Å². The number of aromatic nitrogens is 3. The molecule has 0 aromatic carbocycles. The van der Waals surface area contributed by atoms with Crippen LogP contribution in [-0.4, -0.2) is 60.3 Å². The van der Waals surface area contributed by atoms with Gasteiger partial charge in [-0.2, -0.15) is 0 Å². The SMILES string of the molecule is Cc1cc(-c2cnc(N3CCCC3)nc2C2CCN(S(C)(=O)=O)CC2)on1. The Morgan fingerprint density at radius 1 is 1.15 bits per heavy atom. The molecular weight excluding hydrogens is 366 g/mol. The molecule has 0 bridgehead atoms. The number of nitrogens with zero attached hydrogens (tertiary/aromatic N) is 5. The van der Waals surface area contributed by atoms with Gasteiger partial charge < -0.3 is 9.42 Å². The molecule has 0 saturated carbocycles. The van der Waals surface area contributed by atoms with Crippen LogP contribution in [0.15, 0.2) is 16.8 Å². The predicted molar refractivity (Wildman–Crippen MR) is 102 cm³/mol. The van der Waals surface area contributed by atoms with Crippen LogP contribution in [0.2, 0.25) is 0 Å². The average molecular weight is 391 g/mol. The summed E-state index contributed by atoms with van der Waals surface area (Å²) < 4.78 is 30.7. The Labute approximate surface area is 159 Å². The molecule has 0 spiro atoms. The van der Waals surface area contributed by atoms with E-state index in [-0.39, 0.29) is 5.92 Å². The maximum Gasteiger partial charge on any atom is 0.225 e. The summed E-state index contributed by atoms with van der Waals surface area (Å²) in [5, 5.41) is 3.99. The molecule has 0 aliphatic carbocycles. The first-order chi connectivity index (χ1) is 12.9. The van der Waals surface area contributed by atoms with Crippen LogP contribution < -0.4 is 4.90 Å². The summed E-state index contributed by atoms with van der Waals surface area (Å²) in [6.07, 6.45) is 6.90. The Morgan fingerprint density at radius 2 is 1.85 bits per heavy atom. The Balaban J connectivity index is 1.67. The first-order valence-electron chi connectivity index (χ1n) is 9.42. The molecule has 8 nitrogen and oxygen atoms in total. The smallest absolute Gasteiger partial charge is 0.225 e. The van der Waals surface area contributed by atoms with Crippen molar-refractivity contribution < 1.29 is 12.9 Å². The first kappa shape index (κ1) is 18.4. The van der Waals surface area contributed by atoms with Crippen LogP contribution in [0.5, 0.6) is 0 Å². The summed E-state index contributed by atoms with van der Waals surface area (Å²) in [5.74, 6) is 1.60. The van der Waals surface area contributed by atoms with E-state index in [1.54, 1.807) is 4.31 Å². The lowest BCUT2D eigenvalue weighted by Crippen LogP contribution is -2.37. The molecule has 2 aliphatic heterocycles. The van der Waals surface area contributed by atoms with Gasteiger partial charge in [-0.25, -0.2) is 22.7 Å². The van der Waals surface area contributed by atoms with E-state index in [0.717, 1.165) is 61.7 Å². The molecule has 0 amide bonds. The van der Waals surface area contributed by atoms with Gasteiger partial charge in [0.1, 0.15) is 0 Å². The van der Waals surface area contributed by atoms with Crippen molar-refractivity contribution in [2.75, 3.05) is 37.3 Å².